The van der Waals surface area contributed by atoms with Crippen LogP contribution in [0.5, 0.6) is 0 Å². The van der Waals surface area contributed by atoms with Crippen molar-refractivity contribution in [2.75, 3.05) is 4.90 Å². The largest absolute Gasteiger partial charge is 0.310 e. The van der Waals surface area contributed by atoms with Crippen LogP contribution in [-0.2, 0) is 0 Å². The van der Waals surface area contributed by atoms with Crippen LogP contribution < -0.4 is 4.90 Å². The summed E-state index contributed by atoms with van der Waals surface area (Å²) < 4.78 is 2.59. The third kappa shape index (κ3) is 5.62. The molecule has 1 aliphatic rings. The Morgan fingerprint density at radius 3 is 1.78 bits per heavy atom. The lowest BCUT2D eigenvalue weighted by molar-refractivity contribution is 1.29. The maximum Gasteiger partial charge on any atom is 0.159 e. The molecular formula is C46H31N3S. The van der Waals surface area contributed by atoms with Crippen LogP contribution in [0, 0.1) is 0 Å². The van der Waals surface area contributed by atoms with Gasteiger partial charge in [0.25, 0.3) is 0 Å². The average Bonchev–Trinajstić information content (AvgIpc) is 3.55. The zero-order chi connectivity index (χ0) is 33.4. The number of hydrogen-bond acceptors (Lipinski definition) is 4. The van der Waals surface area contributed by atoms with Crippen molar-refractivity contribution in [1.82, 2.24) is 0 Å². The van der Waals surface area contributed by atoms with Crippen LogP contribution in [0.1, 0.15) is 16.7 Å². The van der Waals surface area contributed by atoms with E-state index >= 15 is 0 Å². The minimum Gasteiger partial charge on any atom is -0.310 e. The van der Waals surface area contributed by atoms with Crippen molar-refractivity contribution < 1.29 is 0 Å². The summed E-state index contributed by atoms with van der Waals surface area (Å²) in [5, 5.41) is 2.55. The summed E-state index contributed by atoms with van der Waals surface area (Å²) in [6.45, 7) is 4.41. The molecular weight excluding hydrogens is 627 g/mol. The maximum absolute atomic E-state index is 5.04. The van der Waals surface area contributed by atoms with Crippen molar-refractivity contribution >= 4 is 66.3 Å². The highest BCUT2D eigenvalue weighted by atomic mass is 32.1. The molecule has 0 atom stereocenters. The molecule has 0 spiro atoms. The molecule has 7 aromatic carbocycles. The predicted octanol–water partition coefficient (Wildman–Crippen LogP) is 12.7. The number of hydrogen-bond donors (Lipinski definition) is 0. The number of aliphatic imine (C=N–C) groups is 2. The quantitative estimate of drug-likeness (QED) is 0.170. The summed E-state index contributed by atoms with van der Waals surface area (Å²) in [6, 6.07) is 60.1. The van der Waals surface area contributed by atoms with Gasteiger partial charge < -0.3 is 4.90 Å². The fourth-order valence-electron chi connectivity index (χ4n) is 6.70. The SMILES string of the molecule is C=C1N=C(N=Cc2ccccc2)c2cccc(c2)-c2cccc(c2)N(c2ccc3sc4ccccc4c3c2)c2cccc(c2)-c2cccc1c2. The van der Waals surface area contributed by atoms with Crippen LogP contribution >= 0.6 is 11.3 Å². The van der Waals surface area contributed by atoms with Gasteiger partial charge in [-0.15, -0.1) is 11.3 Å². The van der Waals surface area contributed by atoms with E-state index in [1.165, 1.54) is 20.2 Å². The Morgan fingerprint density at radius 2 is 1.04 bits per heavy atom. The number of amidine groups is 1. The summed E-state index contributed by atoms with van der Waals surface area (Å²) in [7, 11) is 0. The van der Waals surface area contributed by atoms with E-state index in [9.17, 15) is 0 Å². The van der Waals surface area contributed by atoms with Crippen molar-refractivity contribution in [3.05, 3.63) is 193 Å². The first-order valence-electron chi connectivity index (χ1n) is 16.7. The predicted molar refractivity (Wildman–Crippen MR) is 214 cm³/mol. The summed E-state index contributed by atoms with van der Waals surface area (Å²) in [5.41, 5.74) is 11.2. The van der Waals surface area contributed by atoms with Gasteiger partial charge in [0, 0.05) is 54.6 Å². The molecule has 0 saturated heterocycles. The van der Waals surface area contributed by atoms with Crippen molar-refractivity contribution in [3.8, 4) is 22.3 Å². The highest BCUT2D eigenvalue weighted by Gasteiger charge is 2.17. The molecule has 0 unspecified atom stereocenters. The number of benzene rings is 7. The van der Waals surface area contributed by atoms with Gasteiger partial charge >= 0.3 is 0 Å². The van der Waals surface area contributed by atoms with Gasteiger partial charge in [0.1, 0.15) is 0 Å². The lowest BCUT2D eigenvalue weighted by Gasteiger charge is -2.27. The Morgan fingerprint density at radius 1 is 0.480 bits per heavy atom. The summed E-state index contributed by atoms with van der Waals surface area (Å²) in [4.78, 5) is 12.3. The first-order chi connectivity index (χ1) is 24.7. The second-order valence-electron chi connectivity index (χ2n) is 12.4. The molecule has 8 aromatic rings. The Hall–Kier alpha value is -6.36. The zero-order valence-corrected chi connectivity index (χ0v) is 28.0. The third-order valence-electron chi connectivity index (χ3n) is 9.19. The molecule has 0 aliphatic carbocycles. The number of nitrogens with zero attached hydrogens (tertiary/aromatic N) is 3. The molecule has 0 saturated carbocycles. The number of rotatable bonds is 2. The minimum atomic E-state index is 0.606. The Labute approximate surface area is 295 Å². The van der Waals surface area contributed by atoms with Crippen molar-refractivity contribution in [1.29, 1.82) is 0 Å². The average molecular weight is 658 g/mol. The van der Waals surface area contributed by atoms with Crippen molar-refractivity contribution in [2.45, 2.75) is 0 Å². The molecule has 8 bridgehead atoms. The fourth-order valence-corrected chi connectivity index (χ4v) is 7.79. The number of thiophene rings is 1. The molecule has 2 heterocycles. The van der Waals surface area contributed by atoms with Gasteiger partial charge in [0.05, 0.1) is 5.70 Å². The summed E-state index contributed by atoms with van der Waals surface area (Å²) in [6.07, 6.45) is 1.87. The molecule has 0 N–H and O–H groups in total. The lowest BCUT2D eigenvalue weighted by Crippen LogP contribution is -2.10. The second-order valence-corrected chi connectivity index (χ2v) is 13.5. The molecule has 50 heavy (non-hydrogen) atoms. The number of fused-ring (bicyclic) bond motifs is 13. The van der Waals surface area contributed by atoms with E-state index in [0.29, 0.717) is 11.5 Å². The Balaban J connectivity index is 1.27. The molecule has 1 aliphatic heterocycles. The highest BCUT2D eigenvalue weighted by Crippen LogP contribution is 2.42. The van der Waals surface area contributed by atoms with E-state index in [0.717, 1.165) is 56.0 Å². The van der Waals surface area contributed by atoms with Gasteiger partial charge in [-0.05, 0) is 88.5 Å². The zero-order valence-electron chi connectivity index (χ0n) is 27.2. The van der Waals surface area contributed by atoms with Crippen LogP contribution in [-0.4, -0.2) is 12.1 Å². The molecule has 1 aromatic heterocycles. The number of anilines is 3. The standard InChI is InChI=1S/C46H31N3S/c1-31-33-13-7-14-34(25-33)36-16-9-19-39(27-36)49(41-23-24-45-43(29-41)42-21-5-6-22-44(42)50-45)40-20-10-17-37(28-40)35-15-8-18-38(26-35)46(48-31)47-30-32-11-3-2-4-12-32/h2-30H,1H2. The first kappa shape index (κ1) is 29.8. The Bertz CT molecular complexity index is 2630. The van der Waals surface area contributed by atoms with E-state index in [2.05, 4.69) is 151 Å². The summed E-state index contributed by atoms with van der Waals surface area (Å²) >= 11 is 1.84. The van der Waals surface area contributed by atoms with Gasteiger partial charge in [-0.25, -0.2) is 9.98 Å². The lowest BCUT2D eigenvalue weighted by atomic mass is 9.99. The van der Waals surface area contributed by atoms with Gasteiger partial charge in [-0.2, -0.15) is 0 Å². The molecule has 4 heteroatoms. The molecule has 9 rings (SSSR count). The molecule has 3 nitrogen and oxygen atoms in total. The molecule has 0 radical (unpaired) electrons. The van der Waals surface area contributed by atoms with Gasteiger partial charge in [-0.1, -0.05) is 116 Å². The minimum absolute atomic E-state index is 0.606. The van der Waals surface area contributed by atoms with Crippen molar-refractivity contribution in [3.63, 3.8) is 0 Å². The van der Waals surface area contributed by atoms with Crippen LogP contribution in [0.3, 0.4) is 0 Å². The van der Waals surface area contributed by atoms with Gasteiger partial charge in [0.2, 0.25) is 0 Å². The normalized spacial score (nSPS) is 12.8. The maximum atomic E-state index is 5.04. The summed E-state index contributed by atoms with van der Waals surface area (Å²) in [5.74, 6) is 0.606. The molecule has 0 fully saturated rings. The highest BCUT2D eigenvalue weighted by molar-refractivity contribution is 7.25. The molecule has 0 amide bonds. The van der Waals surface area contributed by atoms with Crippen LogP contribution in [0.4, 0.5) is 17.1 Å². The van der Waals surface area contributed by atoms with Gasteiger partial charge in [0.15, 0.2) is 5.84 Å². The first-order valence-corrected chi connectivity index (χ1v) is 17.5. The Kier molecular flexibility index (Phi) is 7.49. The third-order valence-corrected chi connectivity index (χ3v) is 10.3. The topological polar surface area (TPSA) is 28.0 Å². The van der Waals surface area contributed by atoms with E-state index in [4.69, 9.17) is 9.98 Å². The van der Waals surface area contributed by atoms with E-state index in [-0.39, 0.29) is 0 Å². The van der Waals surface area contributed by atoms with E-state index < -0.39 is 0 Å². The van der Waals surface area contributed by atoms with E-state index in [1.807, 2.05) is 47.9 Å². The molecule has 236 valence electrons. The van der Waals surface area contributed by atoms with Crippen LogP contribution in [0.25, 0.3) is 48.1 Å². The fraction of sp³-hybridized carbons (Fsp3) is 0. The van der Waals surface area contributed by atoms with Crippen molar-refractivity contribution in [2.24, 2.45) is 9.98 Å². The smallest absolute Gasteiger partial charge is 0.159 e. The van der Waals surface area contributed by atoms with Gasteiger partial charge in [-0.3, -0.25) is 0 Å². The van der Waals surface area contributed by atoms with Crippen LogP contribution in [0.2, 0.25) is 0 Å². The second kappa shape index (κ2) is 12.6. The van der Waals surface area contributed by atoms with E-state index in [1.54, 1.807) is 0 Å². The monoisotopic (exact) mass is 657 g/mol. The van der Waals surface area contributed by atoms with Crippen LogP contribution in [0.15, 0.2) is 186 Å².